The number of hydrogen-bond donors (Lipinski definition) is 0. The molecule has 2 aliphatic heterocycles. The van der Waals surface area contributed by atoms with E-state index in [0.717, 1.165) is 78.1 Å². The minimum atomic E-state index is -4.33. The predicted molar refractivity (Wildman–Crippen MR) is 235 cm³/mol. The Balaban J connectivity index is 1.06. The van der Waals surface area contributed by atoms with Crippen LogP contribution in [0, 0.1) is 0 Å². The van der Waals surface area contributed by atoms with E-state index in [4.69, 9.17) is 28.4 Å². The molecule has 2 heterocycles. The smallest absolute Gasteiger partial charge is 0.426 e. The summed E-state index contributed by atoms with van der Waals surface area (Å²) in [7, 11) is -5.78. The molecule has 3 aromatic carbocycles. The standard InChI is InChI=1S/C46H66N2O10SSi/c1-45(2,3)58-44(50)48(34-54-26-27-60(6,7)8)59(51,52)40-29-35(28-38(31-40)36-19-12-11-13-20-36)18-14-17-25-53-24-16-10-9-15-23-47-32-42(56-43(47)49)37-21-22-41-39(30-37)33-55-46(4,5)57-41/h11-13,19-22,28-31,42H,9-10,14-18,23-27,32-34H2,1-8H3/t42-/m0/s1. The third-order valence-electron chi connectivity index (χ3n) is 10.2. The number of amides is 2. The molecule has 0 aromatic heterocycles. The van der Waals surface area contributed by atoms with Gasteiger partial charge in [-0.2, -0.15) is 4.31 Å². The second kappa shape index (κ2) is 20.7. The molecule has 1 saturated heterocycles. The maximum atomic E-state index is 14.2. The van der Waals surface area contributed by atoms with E-state index < -0.39 is 42.3 Å². The van der Waals surface area contributed by atoms with Crippen LogP contribution in [0.25, 0.3) is 11.1 Å². The highest BCUT2D eigenvalue weighted by molar-refractivity contribution is 7.89. The molecule has 5 rings (SSSR count). The Labute approximate surface area is 358 Å². The van der Waals surface area contributed by atoms with E-state index in [1.165, 1.54) is 0 Å². The number of carbonyl (C=O) groups is 2. The lowest BCUT2D eigenvalue weighted by Gasteiger charge is -2.32. The van der Waals surface area contributed by atoms with Gasteiger partial charge in [-0.05, 0) is 105 Å². The highest BCUT2D eigenvalue weighted by atomic mass is 32.2. The van der Waals surface area contributed by atoms with Crippen LogP contribution in [0.1, 0.15) is 95.9 Å². The van der Waals surface area contributed by atoms with Gasteiger partial charge in [0.25, 0.3) is 10.0 Å². The van der Waals surface area contributed by atoms with Crippen molar-refractivity contribution < 1.29 is 46.4 Å². The maximum absolute atomic E-state index is 14.2. The van der Waals surface area contributed by atoms with Gasteiger partial charge in [-0.1, -0.05) is 74.9 Å². The van der Waals surface area contributed by atoms with Crippen molar-refractivity contribution in [3.63, 3.8) is 0 Å². The molecular weight excluding hydrogens is 801 g/mol. The van der Waals surface area contributed by atoms with Crippen molar-refractivity contribution in [2.24, 2.45) is 0 Å². The van der Waals surface area contributed by atoms with Gasteiger partial charge in [-0.15, -0.1) is 0 Å². The molecule has 12 nitrogen and oxygen atoms in total. The number of ether oxygens (including phenoxy) is 6. The van der Waals surface area contributed by atoms with Crippen LogP contribution in [-0.2, 0) is 46.7 Å². The Kier molecular flexibility index (Phi) is 16.3. The first kappa shape index (κ1) is 47.1. The Hall–Kier alpha value is -3.95. The number of carbonyl (C=O) groups excluding carboxylic acids is 2. The summed E-state index contributed by atoms with van der Waals surface area (Å²) in [5, 5.41) is 0. The van der Waals surface area contributed by atoms with Gasteiger partial charge < -0.3 is 33.3 Å². The number of sulfonamides is 1. The molecule has 3 aromatic rings. The summed E-state index contributed by atoms with van der Waals surface area (Å²) >= 11 is 0. The quantitative estimate of drug-likeness (QED) is 0.0579. The fourth-order valence-corrected chi connectivity index (χ4v) is 8.89. The normalized spacial score (nSPS) is 16.6. The van der Waals surface area contributed by atoms with Crippen LogP contribution in [0.3, 0.4) is 0 Å². The number of nitrogens with zero attached hydrogens (tertiary/aromatic N) is 2. The van der Waals surface area contributed by atoms with Gasteiger partial charge in [0, 0.05) is 53.9 Å². The molecule has 0 radical (unpaired) electrons. The van der Waals surface area contributed by atoms with Crippen molar-refractivity contribution in [1.82, 2.24) is 9.21 Å². The van der Waals surface area contributed by atoms with Gasteiger partial charge >= 0.3 is 12.2 Å². The SMILES string of the molecule is CC(C)(C)OC(=O)N(COCC[Si](C)(C)C)S(=O)(=O)c1cc(CCCCOCCCCCCN2C[C@@H](c3ccc4c(c3)COC(C)(C)O4)OC2=O)cc(-c2ccccc2)c1. The molecule has 1 fully saturated rings. The fourth-order valence-electron chi connectivity index (χ4n) is 6.86. The van der Waals surface area contributed by atoms with E-state index in [1.807, 2.05) is 68.4 Å². The van der Waals surface area contributed by atoms with E-state index in [1.54, 1.807) is 37.8 Å². The number of aryl methyl sites for hydroxylation is 1. The monoisotopic (exact) mass is 866 g/mol. The van der Waals surface area contributed by atoms with Crippen molar-refractivity contribution in [3.8, 4) is 16.9 Å². The molecule has 0 aliphatic carbocycles. The molecular formula is C46H66N2O10SSi. The van der Waals surface area contributed by atoms with Crippen LogP contribution < -0.4 is 4.74 Å². The summed E-state index contributed by atoms with van der Waals surface area (Å²) in [5.41, 5.74) is 3.48. The largest absolute Gasteiger partial charge is 0.463 e. The lowest BCUT2D eigenvalue weighted by atomic mass is 10.0. The number of fused-ring (bicyclic) bond motifs is 1. The summed E-state index contributed by atoms with van der Waals surface area (Å²) in [6.07, 6.45) is 4.50. The average molecular weight is 867 g/mol. The number of cyclic esters (lactones) is 1. The number of benzene rings is 3. The van der Waals surface area contributed by atoms with E-state index >= 15 is 0 Å². The van der Waals surface area contributed by atoms with Gasteiger partial charge in [-0.3, -0.25) is 0 Å². The third-order valence-corrected chi connectivity index (χ3v) is 13.6. The van der Waals surface area contributed by atoms with Crippen LogP contribution in [-0.4, -0.2) is 88.9 Å². The molecule has 0 spiro atoms. The zero-order valence-corrected chi connectivity index (χ0v) is 38.7. The molecule has 0 bridgehead atoms. The first-order valence-electron chi connectivity index (χ1n) is 21.3. The Morgan fingerprint density at radius 3 is 2.32 bits per heavy atom. The van der Waals surface area contributed by atoms with Gasteiger partial charge in [0.05, 0.1) is 18.0 Å². The highest BCUT2D eigenvalue weighted by Gasteiger charge is 2.35. The molecule has 330 valence electrons. The molecule has 0 saturated carbocycles. The van der Waals surface area contributed by atoms with E-state index in [0.29, 0.717) is 50.2 Å². The highest BCUT2D eigenvalue weighted by Crippen LogP contribution is 2.35. The number of unbranched alkanes of at least 4 members (excludes halogenated alkanes) is 4. The van der Waals surface area contributed by atoms with Crippen molar-refractivity contribution >= 4 is 30.3 Å². The first-order valence-corrected chi connectivity index (χ1v) is 26.5. The first-order chi connectivity index (χ1) is 28.3. The second-order valence-electron chi connectivity index (χ2n) is 18.4. The van der Waals surface area contributed by atoms with Crippen molar-refractivity contribution in [2.45, 2.75) is 134 Å². The van der Waals surface area contributed by atoms with Crippen LogP contribution in [0.15, 0.2) is 71.6 Å². The number of hydrogen-bond acceptors (Lipinski definition) is 10. The summed E-state index contributed by atoms with van der Waals surface area (Å²) < 4.78 is 63.9. The second-order valence-corrected chi connectivity index (χ2v) is 25.9. The third kappa shape index (κ3) is 14.3. The molecule has 0 N–H and O–H groups in total. The summed E-state index contributed by atoms with van der Waals surface area (Å²) in [5.74, 6) is 0.145. The summed E-state index contributed by atoms with van der Waals surface area (Å²) in [4.78, 5) is 27.8. The minimum Gasteiger partial charge on any atom is -0.463 e. The molecule has 1 atom stereocenters. The fraction of sp³-hybridized carbons (Fsp3) is 0.565. The average Bonchev–Trinajstić information content (AvgIpc) is 3.55. The van der Waals surface area contributed by atoms with Crippen LogP contribution in [0.5, 0.6) is 5.75 Å². The van der Waals surface area contributed by atoms with Gasteiger partial charge in [0.2, 0.25) is 5.79 Å². The minimum absolute atomic E-state index is 0.0148. The van der Waals surface area contributed by atoms with E-state index in [9.17, 15) is 18.0 Å². The van der Waals surface area contributed by atoms with E-state index in [-0.39, 0.29) is 17.1 Å². The molecule has 60 heavy (non-hydrogen) atoms. The predicted octanol–water partition coefficient (Wildman–Crippen LogP) is 10.3. The van der Waals surface area contributed by atoms with Crippen molar-refractivity contribution in [2.75, 3.05) is 39.6 Å². The maximum Gasteiger partial charge on any atom is 0.426 e. The van der Waals surface area contributed by atoms with Gasteiger partial charge in [0.1, 0.15) is 24.2 Å². The Morgan fingerprint density at radius 2 is 1.60 bits per heavy atom. The zero-order chi connectivity index (χ0) is 43.6. The Morgan fingerprint density at radius 1 is 0.883 bits per heavy atom. The summed E-state index contributed by atoms with van der Waals surface area (Å²) in [6.45, 7) is 18.3. The Bertz CT molecular complexity index is 2000. The topological polar surface area (TPSA) is 130 Å². The van der Waals surface area contributed by atoms with Crippen molar-refractivity contribution in [3.05, 3.63) is 83.4 Å². The zero-order valence-electron chi connectivity index (χ0n) is 36.9. The van der Waals surface area contributed by atoms with E-state index in [2.05, 4.69) is 19.6 Å². The lowest BCUT2D eigenvalue weighted by Crippen LogP contribution is -2.42. The van der Waals surface area contributed by atoms with Crippen LogP contribution >= 0.6 is 0 Å². The van der Waals surface area contributed by atoms with Crippen molar-refractivity contribution in [1.29, 1.82) is 0 Å². The van der Waals surface area contributed by atoms with Gasteiger partial charge in [0.15, 0.2) is 0 Å². The van der Waals surface area contributed by atoms with Crippen LogP contribution in [0.2, 0.25) is 25.7 Å². The molecule has 2 aliphatic rings. The lowest BCUT2D eigenvalue weighted by molar-refractivity contribution is -0.180. The summed E-state index contributed by atoms with van der Waals surface area (Å²) in [6, 6.07) is 21.6. The van der Waals surface area contributed by atoms with Crippen LogP contribution in [0.4, 0.5) is 9.59 Å². The molecule has 0 unspecified atom stereocenters. The van der Waals surface area contributed by atoms with Gasteiger partial charge in [-0.25, -0.2) is 18.0 Å². The molecule has 14 heteroatoms. The number of rotatable bonds is 21. The molecule has 2 amide bonds.